The zero-order valence-electron chi connectivity index (χ0n) is 16.7. The number of fused-ring (bicyclic) bond motifs is 2. The lowest BCUT2D eigenvalue weighted by molar-refractivity contribution is 0.462. The predicted molar refractivity (Wildman–Crippen MR) is 127 cm³/mol. The van der Waals surface area contributed by atoms with Crippen LogP contribution in [0.2, 0.25) is 0 Å². The van der Waals surface area contributed by atoms with E-state index in [2.05, 4.69) is 26.4 Å². The number of hydrogen-bond acceptors (Lipinski definition) is 5. The fourth-order valence-electron chi connectivity index (χ4n) is 3.79. The molecule has 7 heteroatoms. The molecule has 154 valence electrons. The number of aromatic amines is 1. The van der Waals surface area contributed by atoms with Gasteiger partial charge >= 0.3 is 5.69 Å². The molecule has 0 saturated heterocycles. The first-order chi connectivity index (χ1) is 15.8. The number of nitrogens with one attached hydrogen (secondary N) is 1. The van der Waals surface area contributed by atoms with E-state index in [0.29, 0.717) is 17.4 Å². The van der Waals surface area contributed by atoms with E-state index in [1.165, 1.54) is 5.39 Å². The van der Waals surface area contributed by atoms with Gasteiger partial charge in [0.25, 0.3) is 0 Å². The molecule has 0 spiro atoms. The molecular weight excluding hydrogens is 420 g/mol. The Morgan fingerprint density at radius 1 is 0.938 bits per heavy atom. The fraction of sp³-hybridized carbons (Fsp3) is 0. The Bertz CT molecular complexity index is 1650. The number of thiophene rings is 1. The Morgan fingerprint density at radius 3 is 2.81 bits per heavy atom. The van der Waals surface area contributed by atoms with Gasteiger partial charge in [0.1, 0.15) is 11.6 Å². The number of para-hydroxylation sites is 2. The summed E-state index contributed by atoms with van der Waals surface area (Å²) in [5.41, 5.74) is 3.18. The second-order valence-electron chi connectivity index (χ2n) is 7.25. The van der Waals surface area contributed by atoms with Crippen LogP contribution >= 0.6 is 11.3 Å². The summed E-state index contributed by atoms with van der Waals surface area (Å²) in [4.78, 5) is 24.5. The number of ether oxygens (including phenoxy) is 1. The van der Waals surface area contributed by atoms with Gasteiger partial charge in [0.05, 0.1) is 21.4 Å². The Morgan fingerprint density at radius 2 is 1.84 bits per heavy atom. The lowest BCUT2D eigenvalue weighted by Crippen LogP contribution is -2.15. The number of H-pyrrole nitrogens is 1. The molecule has 0 fully saturated rings. The Labute approximate surface area is 186 Å². The topological polar surface area (TPSA) is 72.8 Å². The highest BCUT2D eigenvalue weighted by Crippen LogP contribution is 2.33. The summed E-state index contributed by atoms with van der Waals surface area (Å²) in [6, 6.07) is 24.8. The summed E-state index contributed by atoms with van der Waals surface area (Å²) in [6.45, 7) is 0. The summed E-state index contributed by atoms with van der Waals surface area (Å²) in [7, 11) is 0. The first-order valence-corrected chi connectivity index (χ1v) is 10.9. The van der Waals surface area contributed by atoms with Crippen LogP contribution in [0.25, 0.3) is 38.2 Å². The monoisotopic (exact) mass is 436 g/mol. The van der Waals surface area contributed by atoms with Crippen molar-refractivity contribution in [3.05, 3.63) is 101 Å². The molecule has 6 nitrogen and oxygen atoms in total. The van der Waals surface area contributed by atoms with Gasteiger partial charge in [-0.3, -0.25) is 4.98 Å². The van der Waals surface area contributed by atoms with Crippen molar-refractivity contribution < 1.29 is 4.74 Å². The molecular formula is C25H16N4O2S. The van der Waals surface area contributed by atoms with E-state index in [9.17, 15) is 4.79 Å². The van der Waals surface area contributed by atoms with Gasteiger partial charge in [0, 0.05) is 17.8 Å². The smallest absolute Gasteiger partial charge is 0.332 e. The van der Waals surface area contributed by atoms with Gasteiger partial charge in [0.2, 0.25) is 5.88 Å². The maximum atomic E-state index is 12.5. The van der Waals surface area contributed by atoms with E-state index in [4.69, 9.17) is 4.74 Å². The standard InChI is InChI=1S/C25H16N4O2S/c30-25-27-19-7-1-2-8-20(19)29(25)21-9-4-10-22(28-21)31-18-6-3-5-17(15-18)23-24-16(11-13-26-23)12-14-32-24/h1-15H,(H,27,30). The highest BCUT2D eigenvalue weighted by molar-refractivity contribution is 7.17. The fourth-order valence-corrected chi connectivity index (χ4v) is 4.70. The van der Waals surface area contributed by atoms with E-state index in [1.54, 1.807) is 28.0 Å². The van der Waals surface area contributed by atoms with Crippen molar-refractivity contribution in [3.8, 4) is 28.7 Å². The van der Waals surface area contributed by atoms with Crippen molar-refractivity contribution in [1.29, 1.82) is 0 Å². The lowest BCUT2D eigenvalue weighted by Gasteiger charge is -2.09. The summed E-state index contributed by atoms with van der Waals surface area (Å²) in [5, 5.41) is 3.24. The zero-order valence-corrected chi connectivity index (χ0v) is 17.5. The van der Waals surface area contributed by atoms with Crippen LogP contribution in [0.15, 0.2) is 95.2 Å². The quantitative estimate of drug-likeness (QED) is 0.380. The van der Waals surface area contributed by atoms with Gasteiger partial charge in [0.15, 0.2) is 0 Å². The minimum Gasteiger partial charge on any atom is -0.439 e. The van der Waals surface area contributed by atoms with E-state index in [-0.39, 0.29) is 5.69 Å². The normalized spacial score (nSPS) is 11.2. The summed E-state index contributed by atoms with van der Waals surface area (Å²) >= 11 is 1.67. The molecule has 1 N–H and O–H groups in total. The van der Waals surface area contributed by atoms with Crippen LogP contribution in [0.1, 0.15) is 0 Å². The van der Waals surface area contributed by atoms with Crippen LogP contribution in [0.4, 0.5) is 0 Å². The molecule has 0 saturated carbocycles. The molecule has 0 unspecified atom stereocenters. The summed E-state index contributed by atoms with van der Waals surface area (Å²) in [6.07, 6.45) is 1.82. The van der Waals surface area contributed by atoms with Gasteiger partial charge in [-0.15, -0.1) is 11.3 Å². The number of imidazole rings is 1. The van der Waals surface area contributed by atoms with Crippen molar-refractivity contribution in [2.45, 2.75) is 0 Å². The van der Waals surface area contributed by atoms with E-state index in [0.717, 1.165) is 27.0 Å². The van der Waals surface area contributed by atoms with Crippen molar-refractivity contribution in [2.75, 3.05) is 0 Å². The van der Waals surface area contributed by atoms with Crippen LogP contribution < -0.4 is 10.4 Å². The van der Waals surface area contributed by atoms with Crippen molar-refractivity contribution in [1.82, 2.24) is 19.5 Å². The number of pyridine rings is 2. The minimum atomic E-state index is -0.243. The van der Waals surface area contributed by atoms with Crippen molar-refractivity contribution >= 4 is 32.5 Å². The Hall–Kier alpha value is -4.23. The molecule has 2 aromatic carbocycles. The molecule has 0 aliphatic carbocycles. The molecule has 0 aliphatic rings. The number of benzene rings is 2. The maximum Gasteiger partial charge on any atom is 0.332 e. The van der Waals surface area contributed by atoms with Crippen LogP contribution in [-0.2, 0) is 0 Å². The highest BCUT2D eigenvalue weighted by atomic mass is 32.1. The third kappa shape index (κ3) is 3.16. The molecule has 4 aromatic heterocycles. The molecule has 0 atom stereocenters. The molecule has 32 heavy (non-hydrogen) atoms. The van der Waals surface area contributed by atoms with Crippen molar-refractivity contribution in [2.24, 2.45) is 0 Å². The summed E-state index contributed by atoms with van der Waals surface area (Å²) < 4.78 is 8.75. The largest absolute Gasteiger partial charge is 0.439 e. The van der Waals surface area contributed by atoms with Gasteiger partial charge < -0.3 is 9.72 Å². The second kappa shape index (κ2) is 7.47. The van der Waals surface area contributed by atoms with Crippen LogP contribution in [-0.4, -0.2) is 19.5 Å². The highest BCUT2D eigenvalue weighted by Gasteiger charge is 2.12. The third-order valence-corrected chi connectivity index (χ3v) is 6.16. The van der Waals surface area contributed by atoms with Gasteiger partial charge in [-0.1, -0.05) is 30.3 Å². The number of nitrogens with zero attached hydrogens (tertiary/aromatic N) is 3. The van der Waals surface area contributed by atoms with Crippen LogP contribution in [0.3, 0.4) is 0 Å². The van der Waals surface area contributed by atoms with Crippen molar-refractivity contribution in [3.63, 3.8) is 0 Å². The Balaban J connectivity index is 1.37. The lowest BCUT2D eigenvalue weighted by atomic mass is 10.1. The molecule has 4 heterocycles. The second-order valence-corrected chi connectivity index (χ2v) is 8.16. The number of aromatic nitrogens is 4. The first-order valence-electron chi connectivity index (χ1n) is 10.0. The Kier molecular flexibility index (Phi) is 4.33. The summed E-state index contributed by atoms with van der Waals surface area (Å²) in [5.74, 6) is 1.54. The number of hydrogen-bond donors (Lipinski definition) is 1. The van der Waals surface area contributed by atoms with Gasteiger partial charge in [-0.05, 0) is 53.2 Å². The molecule has 6 aromatic rings. The average Bonchev–Trinajstić information content (AvgIpc) is 3.43. The molecule has 0 amide bonds. The minimum absolute atomic E-state index is 0.243. The first kappa shape index (κ1) is 18.5. The number of rotatable bonds is 4. The molecule has 6 rings (SSSR count). The maximum absolute atomic E-state index is 12.5. The molecule has 0 bridgehead atoms. The zero-order chi connectivity index (χ0) is 21.5. The van der Waals surface area contributed by atoms with Gasteiger partial charge in [-0.2, -0.15) is 4.98 Å². The van der Waals surface area contributed by atoms with Crippen LogP contribution in [0, 0.1) is 0 Å². The van der Waals surface area contributed by atoms with E-state index >= 15 is 0 Å². The molecule has 0 radical (unpaired) electrons. The average molecular weight is 436 g/mol. The van der Waals surface area contributed by atoms with E-state index < -0.39 is 0 Å². The van der Waals surface area contributed by atoms with Crippen LogP contribution in [0.5, 0.6) is 11.6 Å². The third-order valence-electron chi connectivity index (χ3n) is 5.23. The van der Waals surface area contributed by atoms with E-state index in [1.807, 2.05) is 66.9 Å². The SMILES string of the molecule is O=c1[nH]c2ccccc2n1-c1cccc(Oc2cccc(-c3nccc4ccsc34)c2)n1. The van der Waals surface area contributed by atoms with Gasteiger partial charge in [-0.25, -0.2) is 9.36 Å². The molecule has 0 aliphatic heterocycles. The predicted octanol–water partition coefficient (Wildman–Crippen LogP) is 5.78.